The normalized spacial score (nSPS) is 12.8. The minimum absolute atomic E-state index is 0.176. The Bertz CT molecular complexity index is 721. The molecule has 1 unspecified atom stereocenters. The smallest absolute Gasteiger partial charge is 0.126 e. The van der Waals surface area contributed by atoms with Gasteiger partial charge in [-0.05, 0) is 35.2 Å². The van der Waals surface area contributed by atoms with Crippen LogP contribution in [0.2, 0.25) is 0 Å². The Hall–Kier alpha value is -1.85. The zero-order valence-corrected chi connectivity index (χ0v) is 10.5. The van der Waals surface area contributed by atoms with Crippen molar-refractivity contribution in [2.45, 2.75) is 6.10 Å². The molecule has 0 saturated carbocycles. The van der Waals surface area contributed by atoms with Crippen molar-refractivity contribution >= 4 is 21.6 Å². The van der Waals surface area contributed by atoms with E-state index >= 15 is 0 Å². The fraction of sp³-hybridized carbons (Fsp3) is 0.0714. The van der Waals surface area contributed by atoms with Crippen LogP contribution in [0.4, 0.5) is 8.78 Å². The highest BCUT2D eigenvalue weighted by molar-refractivity contribution is 7.17. The summed E-state index contributed by atoms with van der Waals surface area (Å²) in [5.74, 6) is -1.42. The molecule has 2 aromatic heterocycles. The first-order valence-corrected chi connectivity index (χ1v) is 6.48. The topological polar surface area (TPSA) is 33.1 Å². The average Bonchev–Trinajstić information content (AvgIpc) is 2.83. The van der Waals surface area contributed by atoms with E-state index < -0.39 is 17.7 Å². The third-order valence-electron chi connectivity index (χ3n) is 2.84. The monoisotopic (exact) mass is 277 g/mol. The molecule has 0 saturated heterocycles. The first-order valence-electron chi connectivity index (χ1n) is 5.61. The van der Waals surface area contributed by atoms with Gasteiger partial charge in [0.1, 0.15) is 17.7 Å². The summed E-state index contributed by atoms with van der Waals surface area (Å²) < 4.78 is 27.2. The number of rotatable bonds is 2. The summed E-state index contributed by atoms with van der Waals surface area (Å²) in [6.45, 7) is 0. The maximum atomic E-state index is 13.1. The van der Waals surface area contributed by atoms with Gasteiger partial charge in [0.05, 0.1) is 10.2 Å². The van der Waals surface area contributed by atoms with Crippen LogP contribution in [0.25, 0.3) is 10.2 Å². The van der Waals surface area contributed by atoms with Gasteiger partial charge in [-0.3, -0.25) is 4.98 Å². The Balaban J connectivity index is 2.04. The van der Waals surface area contributed by atoms with Crippen LogP contribution in [-0.4, -0.2) is 10.1 Å². The maximum absolute atomic E-state index is 13.1. The zero-order valence-electron chi connectivity index (χ0n) is 9.68. The fourth-order valence-corrected chi connectivity index (χ4v) is 2.73. The van der Waals surface area contributed by atoms with Crippen molar-refractivity contribution in [1.82, 2.24) is 4.98 Å². The van der Waals surface area contributed by atoms with Crippen molar-refractivity contribution in [1.29, 1.82) is 0 Å². The lowest BCUT2D eigenvalue weighted by Gasteiger charge is -2.11. The van der Waals surface area contributed by atoms with E-state index in [0.29, 0.717) is 5.56 Å². The Morgan fingerprint density at radius 2 is 1.79 bits per heavy atom. The van der Waals surface area contributed by atoms with Gasteiger partial charge in [-0.25, -0.2) is 8.78 Å². The van der Waals surface area contributed by atoms with E-state index in [1.54, 1.807) is 6.07 Å². The van der Waals surface area contributed by atoms with Gasteiger partial charge in [0.2, 0.25) is 0 Å². The van der Waals surface area contributed by atoms with Crippen LogP contribution in [-0.2, 0) is 0 Å². The number of benzene rings is 1. The second-order valence-corrected chi connectivity index (χ2v) is 5.13. The minimum atomic E-state index is -1.09. The van der Waals surface area contributed by atoms with E-state index in [0.717, 1.165) is 28.4 Å². The second-order valence-electron chi connectivity index (χ2n) is 4.18. The molecule has 0 radical (unpaired) electrons. The summed E-state index contributed by atoms with van der Waals surface area (Å²) in [6, 6.07) is 6.66. The molecule has 0 aliphatic rings. The molecule has 5 heteroatoms. The third-order valence-corrected chi connectivity index (χ3v) is 3.69. The Labute approximate surface area is 112 Å². The van der Waals surface area contributed by atoms with Gasteiger partial charge < -0.3 is 5.11 Å². The molecule has 0 aliphatic carbocycles. The van der Waals surface area contributed by atoms with Gasteiger partial charge in [0.25, 0.3) is 0 Å². The van der Waals surface area contributed by atoms with Gasteiger partial charge in [-0.15, -0.1) is 11.3 Å². The zero-order chi connectivity index (χ0) is 13.4. The van der Waals surface area contributed by atoms with Crippen molar-refractivity contribution in [2.75, 3.05) is 0 Å². The molecule has 3 aromatic rings. The minimum Gasteiger partial charge on any atom is -0.384 e. The lowest BCUT2D eigenvalue weighted by atomic mass is 10.0. The summed E-state index contributed by atoms with van der Waals surface area (Å²) in [6.07, 6.45) is 0.423. The molecule has 2 heterocycles. The lowest BCUT2D eigenvalue weighted by Crippen LogP contribution is -2.01. The average molecular weight is 277 g/mol. The van der Waals surface area contributed by atoms with Crippen molar-refractivity contribution in [3.8, 4) is 0 Å². The molecule has 1 N–H and O–H groups in total. The highest BCUT2D eigenvalue weighted by atomic mass is 32.1. The molecule has 19 heavy (non-hydrogen) atoms. The molecule has 0 bridgehead atoms. The van der Waals surface area contributed by atoms with Crippen LogP contribution in [0, 0.1) is 11.6 Å². The number of nitrogens with zero attached hydrogens (tertiary/aromatic N) is 1. The summed E-state index contributed by atoms with van der Waals surface area (Å²) in [4.78, 5) is 4.20. The molecule has 0 spiro atoms. The molecule has 1 aromatic carbocycles. The first-order chi connectivity index (χ1) is 9.13. The lowest BCUT2D eigenvalue weighted by molar-refractivity contribution is 0.219. The van der Waals surface area contributed by atoms with Gasteiger partial charge in [0, 0.05) is 17.8 Å². The van der Waals surface area contributed by atoms with Gasteiger partial charge in [0.15, 0.2) is 0 Å². The molecule has 0 aliphatic heterocycles. The van der Waals surface area contributed by atoms with E-state index in [2.05, 4.69) is 4.98 Å². The molecular formula is C14H9F2NOS. The summed E-state index contributed by atoms with van der Waals surface area (Å²) >= 11 is 1.50. The quantitative estimate of drug-likeness (QED) is 0.775. The molecule has 2 nitrogen and oxygen atoms in total. The summed E-state index contributed by atoms with van der Waals surface area (Å²) in [5, 5.41) is 12.1. The van der Waals surface area contributed by atoms with Crippen molar-refractivity contribution < 1.29 is 13.9 Å². The number of fused-ring (bicyclic) bond motifs is 1. The standard InChI is InChI=1S/C14H9F2NOS/c15-10-3-8(4-11(16)6-10)14(18)9-5-13-12(17-7-9)1-2-19-13/h1-7,14,18H. The number of aliphatic hydroxyl groups excluding tert-OH is 1. The fourth-order valence-electron chi connectivity index (χ4n) is 1.94. The van der Waals surface area contributed by atoms with Crippen LogP contribution in [0.3, 0.4) is 0 Å². The van der Waals surface area contributed by atoms with Gasteiger partial charge in [-0.2, -0.15) is 0 Å². The highest BCUT2D eigenvalue weighted by Crippen LogP contribution is 2.27. The van der Waals surface area contributed by atoms with Gasteiger partial charge >= 0.3 is 0 Å². The van der Waals surface area contributed by atoms with E-state index in [4.69, 9.17) is 0 Å². The Morgan fingerprint density at radius 3 is 2.53 bits per heavy atom. The van der Waals surface area contributed by atoms with Crippen molar-refractivity contribution in [3.05, 3.63) is 64.7 Å². The SMILES string of the molecule is OC(c1cc(F)cc(F)c1)c1cnc2ccsc2c1. The van der Waals surface area contributed by atoms with E-state index in [1.165, 1.54) is 17.5 Å². The molecule has 0 amide bonds. The maximum Gasteiger partial charge on any atom is 0.126 e. The van der Waals surface area contributed by atoms with Crippen LogP contribution >= 0.6 is 11.3 Å². The van der Waals surface area contributed by atoms with E-state index in [-0.39, 0.29) is 5.56 Å². The summed E-state index contributed by atoms with van der Waals surface area (Å²) in [5.41, 5.74) is 1.53. The summed E-state index contributed by atoms with van der Waals surface area (Å²) in [7, 11) is 0. The molecule has 96 valence electrons. The van der Waals surface area contributed by atoms with Crippen LogP contribution in [0.15, 0.2) is 41.9 Å². The predicted octanol–water partition coefficient (Wildman–Crippen LogP) is 3.66. The van der Waals surface area contributed by atoms with Crippen molar-refractivity contribution in [3.63, 3.8) is 0 Å². The first kappa shape index (κ1) is 12.2. The van der Waals surface area contributed by atoms with Crippen LogP contribution < -0.4 is 0 Å². The molecule has 3 rings (SSSR count). The largest absolute Gasteiger partial charge is 0.384 e. The Morgan fingerprint density at radius 1 is 1.05 bits per heavy atom. The molecular weight excluding hydrogens is 268 g/mol. The van der Waals surface area contributed by atoms with Crippen LogP contribution in [0.1, 0.15) is 17.2 Å². The number of hydrogen-bond donors (Lipinski definition) is 1. The number of aromatic nitrogens is 1. The molecule has 1 atom stereocenters. The Kier molecular flexibility index (Phi) is 3.00. The number of pyridine rings is 1. The second kappa shape index (κ2) is 4.68. The van der Waals surface area contributed by atoms with E-state index in [9.17, 15) is 13.9 Å². The van der Waals surface area contributed by atoms with Crippen molar-refractivity contribution in [2.24, 2.45) is 0 Å². The molecule has 0 fully saturated rings. The van der Waals surface area contributed by atoms with Gasteiger partial charge in [-0.1, -0.05) is 0 Å². The highest BCUT2D eigenvalue weighted by Gasteiger charge is 2.14. The number of thiophene rings is 1. The number of aliphatic hydroxyl groups is 1. The van der Waals surface area contributed by atoms with E-state index in [1.807, 2.05) is 11.4 Å². The number of halogens is 2. The van der Waals surface area contributed by atoms with Crippen LogP contribution in [0.5, 0.6) is 0 Å². The third kappa shape index (κ3) is 2.34. The predicted molar refractivity (Wildman–Crippen MR) is 70.0 cm³/mol. The number of hydrogen-bond acceptors (Lipinski definition) is 3.